The molecular formula is C16H20N4O5. The molecule has 0 heterocycles. The van der Waals surface area contributed by atoms with Gasteiger partial charge < -0.3 is 26.2 Å². The Hall–Kier alpha value is -3.12. The summed E-state index contributed by atoms with van der Waals surface area (Å²) >= 11 is 0. The molecule has 0 aliphatic carbocycles. The van der Waals surface area contributed by atoms with E-state index in [-0.39, 0.29) is 19.4 Å². The van der Waals surface area contributed by atoms with Crippen LogP contribution in [0.4, 0.5) is 4.79 Å². The van der Waals surface area contributed by atoms with Gasteiger partial charge in [-0.1, -0.05) is 30.3 Å². The summed E-state index contributed by atoms with van der Waals surface area (Å²) in [4.78, 5) is 35.0. The van der Waals surface area contributed by atoms with E-state index in [1.807, 2.05) is 12.1 Å². The summed E-state index contributed by atoms with van der Waals surface area (Å²) in [5.74, 6) is -1.62. The number of ether oxygens (including phenoxy) is 1. The molecule has 3 amide bonds. The number of aliphatic hydroxyl groups is 1. The number of rotatable bonds is 9. The predicted molar refractivity (Wildman–Crippen MR) is 86.6 cm³/mol. The summed E-state index contributed by atoms with van der Waals surface area (Å²) < 4.78 is 4.95. The fourth-order valence-corrected chi connectivity index (χ4v) is 1.87. The lowest BCUT2D eigenvalue weighted by Gasteiger charge is -2.19. The van der Waals surface area contributed by atoms with Crippen molar-refractivity contribution in [1.82, 2.24) is 10.6 Å². The van der Waals surface area contributed by atoms with E-state index >= 15 is 0 Å². The zero-order valence-electron chi connectivity index (χ0n) is 13.5. The first-order chi connectivity index (χ1) is 12.0. The van der Waals surface area contributed by atoms with Crippen LogP contribution in [-0.4, -0.2) is 41.7 Å². The number of aliphatic hydroxyl groups excluding tert-OH is 1. The smallest absolute Gasteiger partial charge is 0.408 e. The molecule has 0 saturated heterocycles. The first-order valence-electron chi connectivity index (χ1n) is 7.52. The molecule has 134 valence electrons. The number of nitrogens with two attached hydrogens (primary N) is 1. The van der Waals surface area contributed by atoms with Crippen LogP contribution in [0.1, 0.15) is 18.4 Å². The van der Waals surface area contributed by atoms with Crippen molar-refractivity contribution >= 4 is 17.9 Å². The van der Waals surface area contributed by atoms with Crippen LogP contribution in [0.3, 0.4) is 0 Å². The van der Waals surface area contributed by atoms with Crippen LogP contribution in [0.2, 0.25) is 0 Å². The number of amides is 3. The van der Waals surface area contributed by atoms with Crippen molar-refractivity contribution in [3.63, 3.8) is 0 Å². The third kappa shape index (κ3) is 7.32. The Morgan fingerprint density at radius 1 is 1.20 bits per heavy atom. The van der Waals surface area contributed by atoms with Crippen molar-refractivity contribution in [2.75, 3.05) is 6.61 Å². The van der Waals surface area contributed by atoms with Gasteiger partial charge in [0.25, 0.3) is 0 Å². The molecule has 0 aromatic heterocycles. The van der Waals surface area contributed by atoms with Gasteiger partial charge in [-0.3, -0.25) is 9.59 Å². The van der Waals surface area contributed by atoms with E-state index in [1.165, 1.54) is 0 Å². The monoisotopic (exact) mass is 348 g/mol. The van der Waals surface area contributed by atoms with E-state index in [1.54, 1.807) is 24.3 Å². The van der Waals surface area contributed by atoms with Gasteiger partial charge in [-0.25, -0.2) is 4.79 Å². The summed E-state index contributed by atoms with van der Waals surface area (Å²) in [7, 11) is 0. The number of benzene rings is 1. The highest BCUT2D eigenvalue weighted by atomic mass is 16.5. The van der Waals surface area contributed by atoms with E-state index in [0.29, 0.717) is 0 Å². The minimum Gasteiger partial charge on any atom is -0.445 e. The van der Waals surface area contributed by atoms with Gasteiger partial charge in [-0.2, -0.15) is 5.26 Å². The Bertz CT molecular complexity index is 629. The number of primary amides is 1. The van der Waals surface area contributed by atoms with E-state index in [9.17, 15) is 19.5 Å². The van der Waals surface area contributed by atoms with Gasteiger partial charge in [-0.05, 0) is 12.0 Å². The molecule has 9 heteroatoms. The zero-order chi connectivity index (χ0) is 18.7. The maximum atomic E-state index is 12.0. The van der Waals surface area contributed by atoms with Gasteiger partial charge in [0.05, 0.1) is 12.7 Å². The molecule has 0 spiro atoms. The van der Waals surface area contributed by atoms with Crippen LogP contribution >= 0.6 is 0 Å². The molecule has 1 aromatic rings. The van der Waals surface area contributed by atoms with E-state index in [4.69, 9.17) is 15.7 Å². The average molecular weight is 348 g/mol. The van der Waals surface area contributed by atoms with Crippen molar-refractivity contribution in [3.8, 4) is 6.07 Å². The molecule has 0 fully saturated rings. The molecule has 0 aliphatic rings. The molecule has 0 unspecified atom stereocenters. The zero-order valence-corrected chi connectivity index (χ0v) is 13.5. The number of carbonyl (C=O) groups is 3. The van der Waals surface area contributed by atoms with Crippen LogP contribution in [-0.2, 0) is 20.9 Å². The summed E-state index contributed by atoms with van der Waals surface area (Å²) in [5, 5.41) is 22.3. The highest BCUT2D eigenvalue weighted by Gasteiger charge is 2.25. The number of carbonyl (C=O) groups excluding carboxylic acids is 3. The number of hydrogen-bond acceptors (Lipinski definition) is 6. The Morgan fingerprint density at radius 2 is 1.88 bits per heavy atom. The molecule has 0 bridgehead atoms. The number of nitrogens with zero attached hydrogens (tertiary/aromatic N) is 1. The van der Waals surface area contributed by atoms with Crippen LogP contribution < -0.4 is 16.4 Å². The van der Waals surface area contributed by atoms with Crippen LogP contribution in [0.5, 0.6) is 0 Å². The van der Waals surface area contributed by atoms with Crippen LogP contribution in [0.25, 0.3) is 0 Å². The van der Waals surface area contributed by atoms with E-state index < -0.39 is 36.6 Å². The molecular weight excluding hydrogens is 328 g/mol. The molecule has 0 aliphatic heterocycles. The van der Waals surface area contributed by atoms with Crippen molar-refractivity contribution < 1.29 is 24.2 Å². The molecule has 1 aromatic carbocycles. The van der Waals surface area contributed by atoms with Gasteiger partial charge in [0, 0.05) is 6.42 Å². The standard InChI is InChI=1S/C16H20N4O5/c17-8-4-7-12(14(18)22)19-15(23)13(9-21)20-16(24)25-10-11-5-2-1-3-6-11/h1-3,5-6,12-13,21H,4,7,9-10H2,(H2,18,22)(H,19,23)(H,20,24)/t12-,13-/m0/s1. The summed E-state index contributed by atoms with van der Waals surface area (Å²) in [6, 6.07) is 8.36. The van der Waals surface area contributed by atoms with E-state index in [2.05, 4.69) is 10.6 Å². The minimum absolute atomic E-state index is 0.00147. The van der Waals surface area contributed by atoms with Crippen molar-refractivity contribution in [1.29, 1.82) is 5.26 Å². The molecule has 1 rings (SSSR count). The largest absolute Gasteiger partial charge is 0.445 e. The van der Waals surface area contributed by atoms with Crippen LogP contribution in [0, 0.1) is 11.3 Å². The topological polar surface area (TPSA) is 155 Å². The minimum atomic E-state index is -1.31. The molecule has 25 heavy (non-hydrogen) atoms. The quantitative estimate of drug-likeness (QED) is 0.474. The highest BCUT2D eigenvalue weighted by Crippen LogP contribution is 2.01. The lowest BCUT2D eigenvalue weighted by molar-refractivity contribution is -0.129. The van der Waals surface area contributed by atoms with Crippen molar-refractivity contribution in [3.05, 3.63) is 35.9 Å². The predicted octanol–water partition coefficient (Wildman–Crippen LogP) is -0.452. The molecule has 0 saturated carbocycles. The number of nitrogens with one attached hydrogen (secondary N) is 2. The molecule has 2 atom stereocenters. The van der Waals surface area contributed by atoms with Gasteiger partial charge in [-0.15, -0.1) is 0 Å². The maximum Gasteiger partial charge on any atom is 0.408 e. The molecule has 5 N–H and O–H groups in total. The van der Waals surface area contributed by atoms with Gasteiger partial charge in [0.1, 0.15) is 18.7 Å². The maximum absolute atomic E-state index is 12.0. The molecule has 9 nitrogen and oxygen atoms in total. The second kappa shape index (κ2) is 10.6. The van der Waals surface area contributed by atoms with Crippen molar-refractivity contribution in [2.24, 2.45) is 5.73 Å². The normalized spacial score (nSPS) is 12.3. The first-order valence-corrected chi connectivity index (χ1v) is 7.52. The summed E-state index contributed by atoms with van der Waals surface area (Å²) in [6.45, 7) is -0.700. The Labute approximate surface area is 144 Å². The second-order valence-electron chi connectivity index (χ2n) is 5.10. The third-order valence-electron chi connectivity index (χ3n) is 3.21. The fraction of sp³-hybridized carbons (Fsp3) is 0.375. The van der Waals surface area contributed by atoms with Gasteiger partial charge >= 0.3 is 6.09 Å². The van der Waals surface area contributed by atoms with E-state index in [0.717, 1.165) is 5.56 Å². The Kier molecular flexibility index (Phi) is 8.46. The average Bonchev–Trinajstić information content (AvgIpc) is 2.61. The second-order valence-corrected chi connectivity index (χ2v) is 5.10. The SMILES string of the molecule is N#CCC[C@H](NC(=O)[C@H](CO)NC(=O)OCc1ccccc1)C(N)=O. The Morgan fingerprint density at radius 3 is 2.44 bits per heavy atom. The summed E-state index contributed by atoms with van der Waals surface area (Å²) in [6.07, 6.45) is -0.844. The number of hydrogen-bond donors (Lipinski definition) is 4. The third-order valence-corrected chi connectivity index (χ3v) is 3.21. The first kappa shape index (κ1) is 19.9. The lowest BCUT2D eigenvalue weighted by Crippen LogP contribution is -2.54. The number of nitriles is 1. The summed E-state index contributed by atoms with van der Waals surface area (Å²) in [5.41, 5.74) is 5.90. The Balaban J connectivity index is 2.52. The van der Waals surface area contributed by atoms with Gasteiger partial charge in [0.2, 0.25) is 11.8 Å². The molecule has 0 radical (unpaired) electrons. The highest BCUT2D eigenvalue weighted by molar-refractivity contribution is 5.90. The fourth-order valence-electron chi connectivity index (χ4n) is 1.87. The number of alkyl carbamates (subject to hydrolysis) is 1. The van der Waals surface area contributed by atoms with Crippen molar-refractivity contribution in [2.45, 2.75) is 31.5 Å². The van der Waals surface area contributed by atoms with Crippen LogP contribution in [0.15, 0.2) is 30.3 Å². The van der Waals surface area contributed by atoms with Gasteiger partial charge in [0.15, 0.2) is 0 Å². The lowest BCUT2D eigenvalue weighted by atomic mass is 10.1.